The topological polar surface area (TPSA) is 0 Å². The Kier molecular flexibility index (Phi) is 17.8. The third-order valence-corrected chi connectivity index (χ3v) is 1.77. The zero-order valence-electron chi connectivity index (χ0n) is 10.5. The summed E-state index contributed by atoms with van der Waals surface area (Å²) < 4.78 is 0. The van der Waals surface area contributed by atoms with Crippen LogP contribution in [0.1, 0.15) is 0 Å². The number of hydrogen-bond acceptors (Lipinski definition) is 0. The second-order valence-corrected chi connectivity index (χ2v) is 3.12. The summed E-state index contributed by atoms with van der Waals surface area (Å²) in [5.74, 6) is 0. The summed E-state index contributed by atoms with van der Waals surface area (Å²) in [4.78, 5) is 0. The molecule has 0 aliphatic heterocycles. The van der Waals surface area contributed by atoms with E-state index in [0.29, 0.717) is 0 Å². The van der Waals surface area contributed by atoms with Gasteiger partial charge in [-0.25, -0.2) is 12.1 Å². The maximum atomic E-state index is 2.89. The molecule has 0 fully saturated rings. The number of halogens is 1. The van der Waals surface area contributed by atoms with Crippen LogP contribution in [0.2, 0.25) is 0 Å². The van der Waals surface area contributed by atoms with Crippen LogP contribution in [0.3, 0.4) is 0 Å². The summed E-state index contributed by atoms with van der Waals surface area (Å²) in [5.41, 5.74) is 0. The summed E-state index contributed by atoms with van der Waals surface area (Å²) in [6.45, 7) is 0. The summed E-state index contributed by atoms with van der Waals surface area (Å²) in [7, 11) is 0. The van der Waals surface area contributed by atoms with Crippen LogP contribution < -0.4 is 12.4 Å². The van der Waals surface area contributed by atoms with Gasteiger partial charge in [0.15, 0.2) is 0 Å². The Bertz CT molecular complexity index is 321. The van der Waals surface area contributed by atoms with E-state index in [1.807, 2.05) is 91.0 Å². The molecule has 0 N–H and O–H groups in total. The fourth-order valence-corrected chi connectivity index (χ4v) is 1.00. The Hall–Kier alpha value is -1.21. The van der Waals surface area contributed by atoms with Crippen LogP contribution in [0, 0.1) is 12.1 Å². The van der Waals surface area contributed by atoms with E-state index in [-0.39, 0.29) is 34.1 Å². The SMILES string of the molecule is [Cl-].[Ti+4].[c-]1ccccc1.[c-]1ccccc1.c1cc[cH-]c1. The van der Waals surface area contributed by atoms with Crippen LogP contribution >= 0.6 is 0 Å². The summed E-state index contributed by atoms with van der Waals surface area (Å²) >= 11 is 0. The van der Waals surface area contributed by atoms with E-state index in [9.17, 15) is 0 Å². The summed E-state index contributed by atoms with van der Waals surface area (Å²) in [6.07, 6.45) is 0. The molecule has 0 nitrogen and oxygen atoms in total. The van der Waals surface area contributed by atoms with E-state index < -0.39 is 0 Å². The van der Waals surface area contributed by atoms with Crippen LogP contribution in [-0.4, -0.2) is 0 Å². The fraction of sp³-hybridized carbons (Fsp3) is 0. The molecule has 0 atom stereocenters. The normalized spacial score (nSPS) is 7.16. The molecular formula is C17H15ClTi. The molecule has 0 bridgehead atoms. The molecule has 0 spiro atoms. The van der Waals surface area contributed by atoms with Gasteiger partial charge in [-0.05, 0) is 0 Å². The van der Waals surface area contributed by atoms with Gasteiger partial charge < -0.3 is 12.4 Å². The first kappa shape index (κ1) is 20.1. The Balaban J connectivity index is 0. The van der Waals surface area contributed by atoms with E-state index in [1.54, 1.807) is 0 Å². The third-order valence-electron chi connectivity index (χ3n) is 1.77. The number of benzene rings is 2. The molecule has 2 heteroatoms. The van der Waals surface area contributed by atoms with Crippen molar-refractivity contribution in [2.24, 2.45) is 0 Å². The zero-order valence-corrected chi connectivity index (χ0v) is 12.9. The average Bonchev–Trinajstić information content (AvgIpc) is 3.03. The predicted octanol–water partition coefficient (Wildman–Crippen LogP) is 1.38. The monoisotopic (exact) mass is 302 g/mol. The van der Waals surface area contributed by atoms with E-state index in [1.165, 1.54) is 0 Å². The molecule has 3 aromatic rings. The van der Waals surface area contributed by atoms with E-state index in [4.69, 9.17) is 0 Å². The van der Waals surface area contributed by atoms with Crippen molar-refractivity contribution in [3.63, 3.8) is 0 Å². The van der Waals surface area contributed by atoms with Gasteiger partial charge in [0.2, 0.25) is 0 Å². The molecular weight excluding hydrogens is 288 g/mol. The van der Waals surface area contributed by atoms with Crippen molar-refractivity contribution in [3.8, 4) is 0 Å². The quantitative estimate of drug-likeness (QED) is 0.435. The van der Waals surface area contributed by atoms with Gasteiger partial charge in [0.1, 0.15) is 0 Å². The first-order valence-corrected chi connectivity index (χ1v) is 5.49. The molecule has 0 saturated heterocycles. The van der Waals surface area contributed by atoms with Crippen LogP contribution in [0.5, 0.6) is 0 Å². The van der Waals surface area contributed by atoms with Crippen molar-refractivity contribution in [1.29, 1.82) is 0 Å². The Labute approximate surface area is 137 Å². The molecule has 94 valence electrons. The standard InChI is InChI=1S/2C6H5.C5H5.ClH.Ti/c2*1-2-4-6-5-3-1;1-2-4-5-3-1;;/h2*1-5H;1-5H;1H;/q3*-1;;+4/p-1. The van der Waals surface area contributed by atoms with E-state index in [0.717, 1.165) is 0 Å². The van der Waals surface area contributed by atoms with Crippen LogP contribution in [0.4, 0.5) is 0 Å². The molecule has 0 radical (unpaired) electrons. The minimum Gasteiger partial charge on any atom is -1.00 e. The van der Waals surface area contributed by atoms with Crippen molar-refractivity contribution in [1.82, 2.24) is 0 Å². The van der Waals surface area contributed by atoms with Crippen molar-refractivity contribution in [2.45, 2.75) is 0 Å². The van der Waals surface area contributed by atoms with E-state index in [2.05, 4.69) is 12.1 Å². The van der Waals surface area contributed by atoms with Gasteiger partial charge in [-0.3, -0.25) is 0 Å². The average molecular weight is 303 g/mol. The minimum atomic E-state index is 0. The molecule has 0 aliphatic carbocycles. The van der Waals surface area contributed by atoms with Gasteiger partial charge in [-0.2, -0.15) is 91.0 Å². The molecule has 0 aliphatic rings. The maximum absolute atomic E-state index is 2.89. The van der Waals surface area contributed by atoms with Crippen LogP contribution in [0.25, 0.3) is 0 Å². The Morgan fingerprint density at radius 2 is 0.895 bits per heavy atom. The smallest absolute Gasteiger partial charge is 1.00 e. The molecule has 0 unspecified atom stereocenters. The van der Waals surface area contributed by atoms with E-state index >= 15 is 0 Å². The molecule has 19 heavy (non-hydrogen) atoms. The number of hydrogen-bond donors (Lipinski definition) is 0. The fourth-order valence-electron chi connectivity index (χ4n) is 1.00. The second kappa shape index (κ2) is 16.8. The third kappa shape index (κ3) is 14.7. The van der Waals surface area contributed by atoms with Crippen molar-refractivity contribution < 1.29 is 34.1 Å². The van der Waals surface area contributed by atoms with Crippen LogP contribution in [-0.2, 0) is 21.7 Å². The van der Waals surface area contributed by atoms with Gasteiger partial charge in [0.25, 0.3) is 0 Å². The van der Waals surface area contributed by atoms with Gasteiger partial charge in [-0.15, -0.1) is 0 Å². The van der Waals surface area contributed by atoms with Gasteiger partial charge in [0.05, 0.1) is 0 Å². The largest absolute Gasteiger partial charge is 4.00 e. The molecule has 0 aromatic heterocycles. The molecule has 0 heterocycles. The molecule has 3 rings (SSSR count). The zero-order chi connectivity index (χ0) is 12.0. The number of rotatable bonds is 0. The minimum absolute atomic E-state index is 0. The Morgan fingerprint density at radius 3 is 1.00 bits per heavy atom. The Morgan fingerprint density at radius 1 is 0.526 bits per heavy atom. The van der Waals surface area contributed by atoms with Crippen LogP contribution in [0.15, 0.2) is 91.0 Å². The first-order valence-electron chi connectivity index (χ1n) is 5.49. The summed E-state index contributed by atoms with van der Waals surface area (Å²) in [6, 6.07) is 35.0. The van der Waals surface area contributed by atoms with Crippen molar-refractivity contribution >= 4 is 0 Å². The molecule has 0 amide bonds. The maximum Gasteiger partial charge on any atom is 4.00 e. The summed E-state index contributed by atoms with van der Waals surface area (Å²) in [5, 5.41) is 0. The van der Waals surface area contributed by atoms with Gasteiger partial charge in [0, 0.05) is 0 Å². The van der Waals surface area contributed by atoms with Gasteiger partial charge >= 0.3 is 21.7 Å². The van der Waals surface area contributed by atoms with Gasteiger partial charge in [-0.1, -0.05) is 0 Å². The second-order valence-electron chi connectivity index (χ2n) is 3.12. The predicted molar refractivity (Wildman–Crippen MR) is 72.6 cm³/mol. The molecule has 3 aromatic carbocycles. The first-order chi connectivity index (χ1) is 8.50. The van der Waals surface area contributed by atoms with Crippen molar-refractivity contribution in [3.05, 3.63) is 103 Å². The molecule has 0 saturated carbocycles. The van der Waals surface area contributed by atoms with Crippen molar-refractivity contribution in [2.75, 3.05) is 0 Å².